The van der Waals surface area contributed by atoms with Crippen LogP contribution in [0.15, 0.2) is 61.1 Å². The molecule has 1 heterocycles. The van der Waals surface area contributed by atoms with Gasteiger partial charge in [0, 0.05) is 17.8 Å². The lowest BCUT2D eigenvalue weighted by molar-refractivity contribution is 0.628. The third kappa shape index (κ3) is 2.54. The summed E-state index contributed by atoms with van der Waals surface area (Å²) in [4.78, 5) is 4.16. The van der Waals surface area contributed by atoms with Gasteiger partial charge in [0.25, 0.3) is 0 Å². The summed E-state index contributed by atoms with van der Waals surface area (Å²) in [6.07, 6.45) is 3.49. The largest absolute Gasteiger partial charge is 0.399 e. The van der Waals surface area contributed by atoms with E-state index >= 15 is 0 Å². The number of anilines is 1. The van der Waals surface area contributed by atoms with E-state index < -0.39 is 0 Å². The molecule has 0 spiro atoms. The molecule has 3 aromatic rings. The number of hydrogen-bond donors (Lipinski definition) is 1. The third-order valence-electron chi connectivity index (χ3n) is 3.17. The predicted octanol–water partition coefficient (Wildman–Crippen LogP) is 3.32. The Morgan fingerprint density at radius 1 is 1.10 bits per heavy atom. The van der Waals surface area contributed by atoms with Crippen molar-refractivity contribution in [1.29, 1.82) is 0 Å². The number of halogens is 1. The number of nitrogens with zero attached hydrogens (tertiary/aromatic N) is 2. The third-order valence-corrected chi connectivity index (χ3v) is 3.17. The molecular formula is C16H14FN3. The molecule has 2 N–H and O–H groups in total. The van der Waals surface area contributed by atoms with Crippen LogP contribution < -0.4 is 5.73 Å². The van der Waals surface area contributed by atoms with Crippen molar-refractivity contribution >= 4 is 5.69 Å². The van der Waals surface area contributed by atoms with Crippen molar-refractivity contribution in [2.24, 2.45) is 0 Å². The molecule has 0 aliphatic carbocycles. The van der Waals surface area contributed by atoms with Crippen molar-refractivity contribution in [1.82, 2.24) is 9.55 Å². The predicted molar refractivity (Wildman–Crippen MR) is 77.6 cm³/mol. The average Bonchev–Trinajstić information content (AvgIpc) is 2.89. The summed E-state index contributed by atoms with van der Waals surface area (Å²) in [6, 6.07) is 14.2. The summed E-state index contributed by atoms with van der Waals surface area (Å²) in [6.45, 7) is 0.673. The fourth-order valence-corrected chi connectivity index (χ4v) is 2.15. The monoisotopic (exact) mass is 267 g/mol. The molecule has 0 atom stereocenters. The molecule has 0 amide bonds. The lowest BCUT2D eigenvalue weighted by Crippen LogP contribution is -2.00. The molecule has 1 aromatic heterocycles. The molecule has 0 bridgehead atoms. The molecule has 2 aromatic carbocycles. The van der Waals surface area contributed by atoms with E-state index in [4.69, 9.17) is 5.73 Å². The summed E-state index contributed by atoms with van der Waals surface area (Å²) in [5.74, 6) is -0.247. The average molecular weight is 267 g/mol. The van der Waals surface area contributed by atoms with E-state index in [2.05, 4.69) is 4.98 Å². The van der Waals surface area contributed by atoms with Gasteiger partial charge in [-0.25, -0.2) is 9.37 Å². The highest BCUT2D eigenvalue weighted by molar-refractivity contribution is 5.59. The molecule has 0 saturated carbocycles. The van der Waals surface area contributed by atoms with Crippen molar-refractivity contribution in [3.63, 3.8) is 0 Å². The first-order valence-corrected chi connectivity index (χ1v) is 6.33. The van der Waals surface area contributed by atoms with E-state index in [9.17, 15) is 4.39 Å². The Morgan fingerprint density at radius 2 is 1.90 bits per heavy atom. The number of nitrogen functional groups attached to an aromatic ring is 1. The molecule has 0 aliphatic rings. The van der Waals surface area contributed by atoms with Gasteiger partial charge in [0.1, 0.15) is 5.82 Å². The topological polar surface area (TPSA) is 43.8 Å². The Balaban J connectivity index is 1.92. The zero-order chi connectivity index (χ0) is 13.9. The van der Waals surface area contributed by atoms with Crippen LogP contribution >= 0.6 is 0 Å². The van der Waals surface area contributed by atoms with Gasteiger partial charge in [-0.1, -0.05) is 24.3 Å². The van der Waals surface area contributed by atoms with Crippen LogP contribution in [-0.4, -0.2) is 9.55 Å². The number of rotatable bonds is 3. The molecular weight excluding hydrogens is 253 g/mol. The highest BCUT2D eigenvalue weighted by atomic mass is 19.1. The lowest BCUT2D eigenvalue weighted by Gasteiger charge is -2.09. The fourth-order valence-electron chi connectivity index (χ4n) is 2.15. The van der Waals surface area contributed by atoms with Crippen LogP contribution in [-0.2, 0) is 6.54 Å². The normalized spacial score (nSPS) is 10.7. The number of aromatic nitrogens is 2. The molecule has 0 fully saturated rings. The van der Waals surface area contributed by atoms with Gasteiger partial charge in [0.2, 0.25) is 0 Å². The number of nitrogens with two attached hydrogens (primary N) is 1. The molecule has 100 valence electrons. The Morgan fingerprint density at radius 3 is 2.65 bits per heavy atom. The van der Waals surface area contributed by atoms with E-state index in [1.54, 1.807) is 18.6 Å². The second-order valence-electron chi connectivity index (χ2n) is 4.66. The number of benzene rings is 2. The summed E-state index contributed by atoms with van der Waals surface area (Å²) >= 11 is 0. The maximum atomic E-state index is 13.3. The number of hydrogen-bond acceptors (Lipinski definition) is 2. The van der Waals surface area contributed by atoms with Crippen molar-refractivity contribution in [2.45, 2.75) is 6.54 Å². The van der Waals surface area contributed by atoms with Crippen molar-refractivity contribution in [3.05, 3.63) is 72.4 Å². The first-order chi connectivity index (χ1) is 9.72. The minimum absolute atomic E-state index is 0.247. The lowest BCUT2D eigenvalue weighted by atomic mass is 10.1. The maximum absolute atomic E-state index is 13.3. The van der Waals surface area contributed by atoms with Crippen LogP contribution in [0.4, 0.5) is 10.1 Å². The highest BCUT2D eigenvalue weighted by Crippen LogP contribution is 2.21. The Kier molecular flexibility index (Phi) is 3.21. The van der Waals surface area contributed by atoms with Crippen molar-refractivity contribution in [2.75, 3.05) is 5.73 Å². The maximum Gasteiger partial charge on any atom is 0.123 e. The zero-order valence-electron chi connectivity index (χ0n) is 10.8. The van der Waals surface area contributed by atoms with Gasteiger partial charge in [0.15, 0.2) is 0 Å². The molecule has 0 radical (unpaired) electrons. The van der Waals surface area contributed by atoms with Gasteiger partial charge >= 0.3 is 0 Å². The van der Waals surface area contributed by atoms with E-state index in [1.807, 2.05) is 34.9 Å². The summed E-state index contributed by atoms with van der Waals surface area (Å²) in [5, 5.41) is 0. The minimum Gasteiger partial charge on any atom is -0.399 e. The summed E-state index contributed by atoms with van der Waals surface area (Å²) in [5.41, 5.74) is 9.25. The second-order valence-corrected chi connectivity index (χ2v) is 4.66. The number of imidazole rings is 1. The molecule has 0 aliphatic heterocycles. The first-order valence-electron chi connectivity index (χ1n) is 6.33. The highest BCUT2D eigenvalue weighted by Gasteiger charge is 2.06. The Bertz CT molecular complexity index is 717. The smallest absolute Gasteiger partial charge is 0.123 e. The first kappa shape index (κ1) is 12.4. The molecule has 20 heavy (non-hydrogen) atoms. The van der Waals surface area contributed by atoms with Crippen molar-refractivity contribution in [3.8, 4) is 11.3 Å². The zero-order valence-corrected chi connectivity index (χ0v) is 10.8. The molecule has 4 heteroatoms. The van der Waals surface area contributed by atoms with Crippen LogP contribution in [0.5, 0.6) is 0 Å². The van der Waals surface area contributed by atoms with Gasteiger partial charge in [0.05, 0.1) is 18.2 Å². The van der Waals surface area contributed by atoms with Gasteiger partial charge < -0.3 is 10.3 Å². The van der Waals surface area contributed by atoms with Gasteiger partial charge in [-0.3, -0.25) is 0 Å². The Hall–Kier alpha value is -2.62. The van der Waals surface area contributed by atoms with Crippen LogP contribution in [0.1, 0.15) is 5.56 Å². The second kappa shape index (κ2) is 5.17. The molecule has 0 unspecified atom stereocenters. The quantitative estimate of drug-likeness (QED) is 0.740. The summed E-state index contributed by atoms with van der Waals surface area (Å²) in [7, 11) is 0. The van der Waals surface area contributed by atoms with Crippen molar-refractivity contribution < 1.29 is 4.39 Å². The van der Waals surface area contributed by atoms with E-state index in [1.165, 1.54) is 12.1 Å². The molecule has 0 saturated heterocycles. The van der Waals surface area contributed by atoms with E-state index in [0.717, 1.165) is 22.5 Å². The SMILES string of the molecule is Nc1ccc(Cn2cncc2-c2cccc(F)c2)cc1. The van der Waals surface area contributed by atoms with Gasteiger partial charge in [-0.05, 0) is 29.8 Å². The van der Waals surface area contributed by atoms with E-state index in [0.29, 0.717) is 6.54 Å². The van der Waals surface area contributed by atoms with Gasteiger partial charge in [-0.2, -0.15) is 0 Å². The van der Waals surface area contributed by atoms with Crippen LogP contribution in [0, 0.1) is 5.82 Å². The fraction of sp³-hybridized carbons (Fsp3) is 0.0625. The Labute approximate surface area is 116 Å². The standard InChI is InChI=1S/C16H14FN3/c17-14-3-1-2-13(8-14)16-9-19-11-20(16)10-12-4-6-15(18)7-5-12/h1-9,11H,10,18H2. The van der Waals surface area contributed by atoms with Gasteiger partial charge in [-0.15, -0.1) is 0 Å². The minimum atomic E-state index is -0.247. The van der Waals surface area contributed by atoms with Crippen LogP contribution in [0.25, 0.3) is 11.3 Å². The van der Waals surface area contributed by atoms with E-state index in [-0.39, 0.29) is 5.82 Å². The summed E-state index contributed by atoms with van der Waals surface area (Å²) < 4.78 is 15.3. The molecule has 3 nitrogen and oxygen atoms in total. The van der Waals surface area contributed by atoms with Crippen LogP contribution in [0.2, 0.25) is 0 Å². The van der Waals surface area contributed by atoms with Crippen LogP contribution in [0.3, 0.4) is 0 Å². The molecule has 3 rings (SSSR count).